The molecule has 0 saturated carbocycles. The van der Waals surface area contributed by atoms with E-state index in [2.05, 4.69) is 46.9 Å². The molecular formula is C21H28N6O2. The van der Waals surface area contributed by atoms with Gasteiger partial charge < -0.3 is 14.7 Å². The highest BCUT2D eigenvalue weighted by Crippen LogP contribution is 2.36. The highest BCUT2D eigenvalue weighted by molar-refractivity contribution is 5.72. The van der Waals surface area contributed by atoms with E-state index in [1.54, 1.807) is 0 Å². The molecule has 1 aromatic carbocycles. The summed E-state index contributed by atoms with van der Waals surface area (Å²) in [7, 11) is 0. The number of nitro groups is 1. The van der Waals surface area contributed by atoms with E-state index in [0.29, 0.717) is 24.7 Å². The Bertz CT molecular complexity index is 889. The van der Waals surface area contributed by atoms with Crippen LogP contribution in [0.5, 0.6) is 0 Å². The molecule has 0 spiro atoms. The van der Waals surface area contributed by atoms with Gasteiger partial charge in [0.2, 0.25) is 11.6 Å². The van der Waals surface area contributed by atoms with E-state index in [-0.39, 0.29) is 10.6 Å². The van der Waals surface area contributed by atoms with Gasteiger partial charge in [-0.1, -0.05) is 12.1 Å². The van der Waals surface area contributed by atoms with Crippen molar-refractivity contribution >= 4 is 23.0 Å². The van der Waals surface area contributed by atoms with Gasteiger partial charge in [0.15, 0.2) is 0 Å². The second-order valence-electron chi connectivity index (χ2n) is 7.87. The Morgan fingerprint density at radius 1 is 0.862 bits per heavy atom. The SMILES string of the molecule is Cc1cccc(N2CCN(c3ncnc(N4CCCCC4)c3[N+](=O)[O-])CC2)c1C. The standard InChI is InChI=1S/C21H28N6O2/c1-16-7-6-8-18(17(16)2)24-11-13-26(14-12-24)21-19(27(28)29)20(22-15-23-21)25-9-4-3-5-10-25/h6-8,15H,3-5,9-14H2,1-2H3. The lowest BCUT2D eigenvalue weighted by Gasteiger charge is -2.37. The van der Waals surface area contributed by atoms with E-state index in [1.807, 2.05) is 9.80 Å². The predicted molar refractivity (Wildman–Crippen MR) is 115 cm³/mol. The topological polar surface area (TPSA) is 78.6 Å². The molecule has 0 unspecified atom stereocenters. The number of nitrogens with zero attached hydrogens (tertiary/aromatic N) is 6. The van der Waals surface area contributed by atoms with Crippen LogP contribution in [0.25, 0.3) is 0 Å². The van der Waals surface area contributed by atoms with E-state index in [1.165, 1.54) is 29.6 Å². The van der Waals surface area contributed by atoms with Crippen molar-refractivity contribution in [1.82, 2.24) is 9.97 Å². The molecule has 154 valence electrons. The Morgan fingerprint density at radius 2 is 1.45 bits per heavy atom. The van der Waals surface area contributed by atoms with Crippen LogP contribution in [0.15, 0.2) is 24.5 Å². The first kappa shape index (κ1) is 19.4. The molecule has 8 nitrogen and oxygen atoms in total. The second kappa shape index (κ2) is 8.23. The third-order valence-corrected chi connectivity index (χ3v) is 6.12. The van der Waals surface area contributed by atoms with Crippen molar-refractivity contribution in [3.63, 3.8) is 0 Å². The van der Waals surface area contributed by atoms with Crippen LogP contribution < -0.4 is 14.7 Å². The van der Waals surface area contributed by atoms with Gasteiger partial charge in [0.25, 0.3) is 0 Å². The minimum Gasteiger partial charge on any atom is -0.368 e. The van der Waals surface area contributed by atoms with Crippen molar-refractivity contribution < 1.29 is 4.92 Å². The van der Waals surface area contributed by atoms with Crippen molar-refractivity contribution in [1.29, 1.82) is 0 Å². The molecule has 2 fully saturated rings. The van der Waals surface area contributed by atoms with Crippen LogP contribution in [-0.2, 0) is 0 Å². The predicted octanol–water partition coefficient (Wildman–Crippen LogP) is 3.32. The Labute approximate surface area is 171 Å². The molecular weight excluding hydrogens is 368 g/mol. The van der Waals surface area contributed by atoms with Gasteiger partial charge in [0.1, 0.15) is 6.33 Å². The fourth-order valence-corrected chi connectivity index (χ4v) is 4.33. The highest BCUT2D eigenvalue weighted by Gasteiger charge is 2.32. The lowest BCUT2D eigenvalue weighted by molar-refractivity contribution is -0.383. The first-order valence-electron chi connectivity index (χ1n) is 10.4. The normalized spacial score (nSPS) is 17.5. The summed E-state index contributed by atoms with van der Waals surface area (Å²) in [6, 6.07) is 6.37. The maximum atomic E-state index is 12.0. The van der Waals surface area contributed by atoms with E-state index < -0.39 is 0 Å². The molecule has 0 radical (unpaired) electrons. The third-order valence-electron chi connectivity index (χ3n) is 6.12. The summed E-state index contributed by atoms with van der Waals surface area (Å²) < 4.78 is 0. The van der Waals surface area contributed by atoms with Gasteiger partial charge in [-0.2, -0.15) is 0 Å². The largest absolute Gasteiger partial charge is 0.368 e. The molecule has 0 amide bonds. The molecule has 0 N–H and O–H groups in total. The van der Waals surface area contributed by atoms with Gasteiger partial charge in [-0.25, -0.2) is 9.97 Å². The molecule has 3 heterocycles. The summed E-state index contributed by atoms with van der Waals surface area (Å²) in [6.45, 7) is 8.93. The molecule has 0 bridgehead atoms. The second-order valence-corrected chi connectivity index (χ2v) is 7.87. The first-order valence-corrected chi connectivity index (χ1v) is 10.4. The molecule has 8 heteroatoms. The number of aromatic nitrogens is 2. The van der Waals surface area contributed by atoms with Crippen LogP contribution >= 0.6 is 0 Å². The van der Waals surface area contributed by atoms with E-state index in [0.717, 1.165) is 39.0 Å². The van der Waals surface area contributed by atoms with Gasteiger partial charge >= 0.3 is 5.69 Å². The van der Waals surface area contributed by atoms with Crippen LogP contribution in [0.3, 0.4) is 0 Å². The van der Waals surface area contributed by atoms with Crippen LogP contribution in [-0.4, -0.2) is 54.2 Å². The monoisotopic (exact) mass is 396 g/mol. The Morgan fingerprint density at radius 3 is 2.07 bits per heavy atom. The number of piperidine rings is 1. The number of piperazine rings is 1. The minimum absolute atomic E-state index is 0.0505. The molecule has 0 atom stereocenters. The van der Waals surface area contributed by atoms with Crippen molar-refractivity contribution in [3.05, 3.63) is 45.8 Å². The van der Waals surface area contributed by atoms with Crippen molar-refractivity contribution in [3.8, 4) is 0 Å². The van der Waals surface area contributed by atoms with Crippen molar-refractivity contribution in [2.75, 3.05) is 54.0 Å². The smallest absolute Gasteiger partial charge is 0.353 e. The molecule has 4 rings (SSSR count). The van der Waals surface area contributed by atoms with E-state index >= 15 is 0 Å². The fraction of sp³-hybridized carbons (Fsp3) is 0.524. The maximum Gasteiger partial charge on any atom is 0.353 e. The van der Waals surface area contributed by atoms with Gasteiger partial charge in [-0.05, 0) is 50.3 Å². The summed E-state index contributed by atoms with van der Waals surface area (Å²) in [5.41, 5.74) is 3.87. The molecule has 1 aromatic heterocycles. The van der Waals surface area contributed by atoms with E-state index in [9.17, 15) is 10.1 Å². The molecule has 2 aliphatic rings. The first-order chi connectivity index (χ1) is 14.1. The zero-order valence-electron chi connectivity index (χ0n) is 17.2. The van der Waals surface area contributed by atoms with Crippen molar-refractivity contribution in [2.45, 2.75) is 33.1 Å². The van der Waals surface area contributed by atoms with Gasteiger partial charge in [0, 0.05) is 45.0 Å². The van der Waals surface area contributed by atoms with Crippen LogP contribution in [0, 0.1) is 24.0 Å². The number of anilines is 3. The molecule has 0 aliphatic carbocycles. The van der Waals surface area contributed by atoms with Crippen LogP contribution in [0.4, 0.5) is 23.0 Å². The third kappa shape index (κ3) is 3.83. The zero-order valence-corrected chi connectivity index (χ0v) is 17.2. The summed E-state index contributed by atoms with van der Waals surface area (Å²) >= 11 is 0. The lowest BCUT2D eigenvalue weighted by Crippen LogP contribution is -2.47. The average molecular weight is 396 g/mol. The highest BCUT2D eigenvalue weighted by atomic mass is 16.6. The maximum absolute atomic E-state index is 12.0. The Hall–Kier alpha value is -2.90. The van der Waals surface area contributed by atoms with Crippen molar-refractivity contribution in [2.24, 2.45) is 0 Å². The van der Waals surface area contributed by atoms with Gasteiger partial charge in [0.05, 0.1) is 4.92 Å². The molecule has 2 aliphatic heterocycles. The molecule has 29 heavy (non-hydrogen) atoms. The van der Waals surface area contributed by atoms with Gasteiger partial charge in [-0.15, -0.1) is 0 Å². The number of hydrogen-bond acceptors (Lipinski definition) is 7. The summed E-state index contributed by atoms with van der Waals surface area (Å²) in [6.07, 6.45) is 4.74. The van der Waals surface area contributed by atoms with Gasteiger partial charge in [-0.3, -0.25) is 10.1 Å². The fourth-order valence-electron chi connectivity index (χ4n) is 4.33. The summed E-state index contributed by atoms with van der Waals surface area (Å²) in [5, 5.41) is 12.0. The number of rotatable bonds is 4. The van der Waals surface area contributed by atoms with Crippen LogP contribution in [0.2, 0.25) is 0 Å². The van der Waals surface area contributed by atoms with E-state index in [4.69, 9.17) is 0 Å². The Balaban J connectivity index is 1.56. The summed E-state index contributed by atoms with van der Waals surface area (Å²) in [5.74, 6) is 0.919. The number of hydrogen-bond donors (Lipinski definition) is 0. The lowest BCUT2D eigenvalue weighted by atomic mass is 10.1. The van der Waals surface area contributed by atoms with Crippen LogP contribution in [0.1, 0.15) is 30.4 Å². The quantitative estimate of drug-likeness (QED) is 0.579. The number of benzene rings is 1. The molecule has 2 aromatic rings. The zero-order chi connectivity index (χ0) is 20.4. The Kier molecular flexibility index (Phi) is 5.51. The average Bonchev–Trinajstić information content (AvgIpc) is 2.76. The number of aryl methyl sites for hydroxylation is 1. The minimum atomic E-state index is -0.309. The summed E-state index contributed by atoms with van der Waals surface area (Å²) in [4.78, 5) is 26.7. The molecule has 2 saturated heterocycles.